The maximum Gasteiger partial charge on any atom is 0.271 e. The van der Waals surface area contributed by atoms with Gasteiger partial charge in [-0.05, 0) is 37.5 Å². The predicted octanol–water partition coefficient (Wildman–Crippen LogP) is 7.05. The molecule has 0 saturated carbocycles. The molecule has 1 aromatic rings. The van der Waals surface area contributed by atoms with E-state index in [0.29, 0.717) is 5.69 Å². The van der Waals surface area contributed by atoms with Gasteiger partial charge < -0.3 is 10.2 Å². The number of carbonyl (C=O) groups is 1. The number of pyridine rings is 1. The van der Waals surface area contributed by atoms with Gasteiger partial charge in [0.15, 0.2) is 0 Å². The zero-order valence-electron chi connectivity index (χ0n) is 23.6. The van der Waals surface area contributed by atoms with Crippen molar-refractivity contribution in [1.29, 1.82) is 0 Å². The van der Waals surface area contributed by atoms with Crippen LogP contribution in [0.25, 0.3) is 5.57 Å². The fourth-order valence-electron chi connectivity index (χ4n) is 3.56. The molecule has 0 radical (unpaired) electrons. The summed E-state index contributed by atoms with van der Waals surface area (Å²) in [6.45, 7) is 20.1. The van der Waals surface area contributed by atoms with Gasteiger partial charge in [-0.2, -0.15) is 0 Å². The minimum atomic E-state index is -0.0670. The Morgan fingerprint density at radius 3 is 2.29 bits per heavy atom. The third kappa shape index (κ3) is 10.5. The summed E-state index contributed by atoms with van der Waals surface area (Å²) in [5.41, 5.74) is 6.69. The Morgan fingerprint density at radius 2 is 1.80 bits per heavy atom. The van der Waals surface area contributed by atoms with Gasteiger partial charge in [0.25, 0.3) is 5.91 Å². The van der Waals surface area contributed by atoms with E-state index < -0.39 is 0 Å². The van der Waals surface area contributed by atoms with Gasteiger partial charge in [0, 0.05) is 62.2 Å². The number of dihydropyridines is 1. The highest BCUT2D eigenvalue weighted by molar-refractivity contribution is 9.12. The Morgan fingerprint density at radius 1 is 1.14 bits per heavy atom. The molecule has 2 aliphatic heterocycles. The van der Waals surface area contributed by atoms with Crippen LogP contribution in [0.3, 0.4) is 0 Å². The topological polar surface area (TPSA) is 48.5 Å². The van der Waals surface area contributed by atoms with Crippen molar-refractivity contribution in [3.8, 4) is 0 Å². The van der Waals surface area contributed by atoms with E-state index in [4.69, 9.17) is 0 Å². The fraction of sp³-hybridized carbons (Fsp3) is 0.517. The molecule has 1 amide bonds. The second kappa shape index (κ2) is 18.1. The maximum absolute atomic E-state index is 12.0. The van der Waals surface area contributed by atoms with Crippen LogP contribution >= 0.6 is 15.9 Å². The normalized spacial score (nSPS) is 15.6. The fourth-order valence-corrected chi connectivity index (χ4v) is 4.13. The number of nitrogens with one attached hydrogen (secondary N) is 1. The van der Waals surface area contributed by atoms with E-state index >= 15 is 0 Å². The van der Waals surface area contributed by atoms with E-state index in [0.717, 1.165) is 42.6 Å². The molecular formula is C29H47BrN4O. The highest BCUT2D eigenvalue weighted by atomic mass is 79.9. The standard InChI is InChI=1S/C23H29BrN4O.3C2H6/c1-16(13-20-17(2)25-10-7-21(20)24)15-28-11-8-18(9-12-28)19-5-6-22(26-14-19)23(29)27(3)4;3*1-2/h5-8,13-14,25H,9-12,15H2,1-4H3;3*1-2H3/b16-13+;;;. The molecule has 0 unspecified atom stereocenters. The zero-order valence-corrected chi connectivity index (χ0v) is 25.2. The Labute approximate surface area is 223 Å². The van der Waals surface area contributed by atoms with Gasteiger partial charge in [-0.3, -0.25) is 14.7 Å². The Kier molecular flexibility index (Phi) is 17.0. The molecule has 0 aliphatic carbocycles. The highest BCUT2D eigenvalue weighted by Gasteiger charge is 2.16. The molecule has 35 heavy (non-hydrogen) atoms. The first-order valence-electron chi connectivity index (χ1n) is 12.9. The number of hydrogen-bond donors (Lipinski definition) is 1. The van der Waals surface area contributed by atoms with Crippen LogP contribution in [0.1, 0.15) is 77.9 Å². The summed E-state index contributed by atoms with van der Waals surface area (Å²) in [4.78, 5) is 20.3. The number of carbonyl (C=O) groups excluding carboxylic acids is 1. The molecule has 1 aromatic heterocycles. The first kappa shape index (κ1) is 32.8. The van der Waals surface area contributed by atoms with Gasteiger partial charge in [-0.15, -0.1) is 0 Å². The number of rotatable bonds is 5. The Balaban J connectivity index is 0.00000179. The van der Waals surface area contributed by atoms with Crippen molar-refractivity contribution >= 4 is 27.4 Å². The van der Waals surface area contributed by atoms with Crippen LogP contribution in [0.4, 0.5) is 0 Å². The molecule has 0 bridgehead atoms. The summed E-state index contributed by atoms with van der Waals surface area (Å²) in [6.07, 6.45) is 9.52. The van der Waals surface area contributed by atoms with E-state index in [-0.39, 0.29) is 5.91 Å². The SMILES string of the molecule is CC.CC.CC.CC1=C(/C=C(\C)CN2CC=C(c3ccc(C(=O)N(C)C)nc3)CC2)C(Br)=CCN1. The second-order valence-electron chi connectivity index (χ2n) is 7.81. The zero-order chi connectivity index (χ0) is 27.0. The summed E-state index contributed by atoms with van der Waals surface area (Å²) in [7, 11) is 3.48. The molecule has 0 spiro atoms. The van der Waals surface area contributed by atoms with Gasteiger partial charge in [-0.1, -0.05) is 87.3 Å². The third-order valence-corrected chi connectivity index (χ3v) is 5.98. The number of hydrogen-bond acceptors (Lipinski definition) is 4. The molecule has 0 fully saturated rings. The molecule has 0 atom stereocenters. The minimum Gasteiger partial charge on any atom is -0.385 e. The van der Waals surface area contributed by atoms with E-state index in [9.17, 15) is 4.79 Å². The summed E-state index contributed by atoms with van der Waals surface area (Å²) >= 11 is 3.67. The predicted molar refractivity (Wildman–Crippen MR) is 157 cm³/mol. The molecule has 0 saturated heterocycles. The summed E-state index contributed by atoms with van der Waals surface area (Å²) in [5.74, 6) is -0.0670. The van der Waals surface area contributed by atoms with E-state index in [1.807, 2.05) is 59.9 Å². The molecule has 196 valence electrons. The molecule has 1 N–H and O–H groups in total. The Bertz CT molecular complexity index is 896. The van der Waals surface area contributed by atoms with Crippen molar-refractivity contribution in [3.63, 3.8) is 0 Å². The van der Waals surface area contributed by atoms with Gasteiger partial charge in [0.1, 0.15) is 5.69 Å². The maximum atomic E-state index is 12.0. The van der Waals surface area contributed by atoms with Gasteiger partial charge in [0.05, 0.1) is 0 Å². The van der Waals surface area contributed by atoms with Gasteiger partial charge in [-0.25, -0.2) is 0 Å². The van der Waals surface area contributed by atoms with Crippen molar-refractivity contribution in [2.75, 3.05) is 40.3 Å². The monoisotopic (exact) mass is 546 g/mol. The number of nitrogens with zero attached hydrogens (tertiary/aromatic N) is 3. The average molecular weight is 548 g/mol. The lowest BCUT2D eigenvalue weighted by molar-refractivity contribution is 0.0822. The largest absolute Gasteiger partial charge is 0.385 e. The first-order chi connectivity index (χ1) is 16.8. The van der Waals surface area contributed by atoms with Crippen molar-refractivity contribution in [2.45, 2.75) is 61.8 Å². The number of halogens is 1. The van der Waals surface area contributed by atoms with E-state index in [2.05, 4.69) is 63.2 Å². The number of aromatic nitrogens is 1. The van der Waals surface area contributed by atoms with Crippen LogP contribution in [-0.2, 0) is 0 Å². The third-order valence-electron chi connectivity index (χ3n) is 5.23. The molecule has 3 heterocycles. The van der Waals surface area contributed by atoms with Crippen LogP contribution in [0, 0.1) is 0 Å². The second-order valence-corrected chi connectivity index (χ2v) is 8.66. The van der Waals surface area contributed by atoms with Crippen LogP contribution in [0.2, 0.25) is 0 Å². The molecule has 5 nitrogen and oxygen atoms in total. The highest BCUT2D eigenvalue weighted by Crippen LogP contribution is 2.26. The van der Waals surface area contributed by atoms with Crippen molar-refractivity contribution in [3.05, 3.63) is 69.1 Å². The summed E-state index contributed by atoms with van der Waals surface area (Å²) < 4.78 is 1.16. The summed E-state index contributed by atoms with van der Waals surface area (Å²) in [5, 5.41) is 3.39. The number of amides is 1. The van der Waals surface area contributed by atoms with E-state index in [1.165, 1.54) is 22.4 Å². The molecule has 2 aliphatic rings. The van der Waals surface area contributed by atoms with Crippen LogP contribution in [0.15, 0.2) is 57.9 Å². The van der Waals surface area contributed by atoms with E-state index in [1.54, 1.807) is 19.0 Å². The molecule has 3 rings (SSSR count). The van der Waals surface area contributed by atoms with Crippen molar-refractivity contribution in [2.24, 2.45) is 0 Å². The average Bonchev–Trinajstić information content (AvgIpc) is 2.90. The summed E-state index contributed by atoms with van der Waals surface area (Å²) in [6, 6.07) is 3.82. The lowest BCUT2D eigenvalue weighted by Gasteiger charge is -2.27. The van der Waals surface area contributed by atoms with Crippen LogP contribution in [-0.4, -0.2) is 61.0 Å². The minimum absolute atomic E-state index is 0.0670. The van der Waals surface area contributed by atoms with Crippen molar-refractivity contribution in [1.82, 2.24) is 20.1 Å². The van der Waals surface area contributed by atoms with Crippen molar-refractivity contribution < 1.29 is 4.79 Å². The first-order valence-corrected chi connectivity index (χ1v) is 13.7. The lowest BCUT2D eigenvalue weighted by atomic mass is 10.00. The molecular weight excluding hydrogens is 500 g/mol. The van der Waals surface area contributed by atoms with Gasteiger partial charge >= 0.3 is 0 Å². The van der Waals surface area contributed by atoms with Crippen LogP contribution in [0.5, 0.6) is 0 Å². The Hall–Kier alpha value is -2.18. The number of allylic oxidation sites excluding steroid dienone is 4. The van der Waals surface area contributed by atoms with Crippen LogP contribution < -0.4 is 5.32 Å². The molecule has 6 heteroatoms. The lowest BCUT2D eigenvalue weighted by Crippen LogP contribution is -2.30. The smallest absolute Gasteiger partial charge is 0.271 e. The van der Waals surface area contributed by atoms with Gasteiger partial charge in [0.2, 0.25) is 0 Å². The quantitative estimate of drug-likeness (QED) is 0.429. The molecule has 0 aromatic carbocycles.